The summed E-state index contributed by atoms with van der Waals surface area (Å²) in [4.78, 5) is 0.202. The Kier molecular flexibility index (Phi) is 5.62. The largest absolute Gasteiger partial charge is 0.390 e. The minimum Gasteiger partial charge on any atom is -0.390 e. The van der Waals surface area contributed by atoms with Crippen LogP contribution in [-0.2, 0) is 10.0 Å². The van der Waals surface area contributed by atoms with Crippen molar-refractivity contribution in [1.82, 2.24) is 4.72 Å². The van der Waals surface area contributed by atoms with Crippen molar-refractivity contribution in [2.75, 3.05) is 0 Å². The maximum atomic E-state index is 12.8. The molecule has 0 radical (unpaired) electrons. The van der Waals surface area contributed by atoms with Crippen molar-refractivity contribution in [3.05, 3.63) is 75.9 Å². The molecule has 0 aromatic heterocycles. The van der Waals surface area contributed by atoms with E-state index in [2.05, 4.69) is 27.3 Å². The molecule has 0 aliphatic heterocycles. The zero-order valence-electron chi connectivity index (χ0n) is 13.7. The van der Waals surface area contributed by atoms with Gasteiger partial charge in [-0.1, -0.05) is 60.2 Å². The van der Waals surface area contributed by atoms with Gasteiger partial charge in [-0.25, -0.2) is 13.1 Å². The first-order valence-electron chi connectivity index (χ1n) is 8.04. The molecular formula is C19H20INO3S. The van der Waals surface area contributed by atoms with Crippen LogP contribution in [0.15, 0.2) is 75.3 Å². The number of aryl methyl sites for hydroxylation is 1. The number of aliphatic hydroxyl groups is 1. The molecule has 1 unspecified atom stereocenters. The van der Waals surface area contributed by atoms with Gasteiger partial charge in [0, 0.05) is 15.4 Å². The van der Waals surface area contributed by atoms with Crippen LogP contribution in [0.2, 0.25) is 0 Å². The van der Waals surface area contributed by atoms with E-state index < -0.39 is 22.2 Å². The summed E-state index contributed by atoms with van der Waals surface area (Å²) in [6.45, 7) is 1.91. The standard InChI is InChI=1S/C19H20INO3S/c1-13-9-11-15(12-10-13)25(23,24)21-18(14-5-2-3-6-14)19(22)16-7-4-8-17(16)20/h2-12,14,16,18-19,21-22H,1H3/t16?,18-,19+/m0/s1. The maximum absolute atomic E-state index is 12.8. The van der Waals surface area contributed by atoms with Crippen LogP contribution in [0, 0.1) is 18.8 Å². The van der Waals surface area contributed by atoms with Gasteiger partial charge in [0.05, 0.1) is 17.0 Å². The minimum absolute atomic E-state index is 0.187. The second kappa shape index (κ2) is 7.57. The van der Waals surface area contributed by atoms with E-state index in [1.807, 2.05) is 49.5 Å². The predicted molar refractivity (Wildman–Crippen MR) is 108 cm³/mol. The van der Waals surface area contributed by atoms with E-state index in [9.17, 15) is 13.5 Å². The van der Waals surface area contributed by atoms with Crippen molar-refractivity contribution in [2.24, 2.45) is 11.8 Å². The third-order valence-electron chi connectivity index (χ3n) is 4.44. The molecule has 0 saturated carbocycles. The molecule has 0 fully saturated rings. The lowest BCUT2D eigenvalue weighted by molar-refractivity contribution is 0.103. The van der Waals surface area contributed by atoms with Crippen molar-refractivity contribution in [3.63, 3.8) is 0 Å². The van der Waals surface area contributed by atoms with Crippen LogP contribution in [0.3, 0.4) is 0 Å². The Labute approximate surface area is 162 Å². The van der Waals surface area contributed by atoms with E-state index in [4.69, 9.17) is 0 Å². The van der Waals surface area contributed by atoms with E-state index in [-0.39, 0.29) is 16.7 Å². The van der Waals surface area contributed by atoms with Gasteiger partial charge in [-0.15, -0.1) is 0 Å². The van der Waals surface area contributed by atoms with Crippen molar-refractivity contribution in [1.29, 1.82) is 0 Å². The topological polar surface area (TPSA) is 66.4 Å². The van der Waals surface area contributed by atoms with E-state index in [0.717, 1.165) is 9.14 Å². The lowest BCUT2D eigenvalue weighted by Gasteiger charge is -2.31. The number of rotatable bonds is 6. The molecule has 6 heteroatoms. The van der Waals surface area contributed by atoms with Gasteiger partial charge in [0.15, 0.2) is 0 Å². The van der Waals surface area contributed by atoms with E-state index in [1.165, 1.54) is 0 Å². The number of nitrogens with one attached hydrogen (secondary N) is 1. The Morgan fingerprint density at radius 2 is 1.72 bits per heavy atom. The first-order chi connectivity index (χ1) is 11.9. The van der Waals surface area contributed by atoms with Gasteiger partial charge in [-0.05, 0) is 41.6 Å². The van der Waals surface area contributed by atoms with Crippen LogP contribution in [0.4, 0.5) is 0 Å². The minimum atomic E-state index is -3.73. The third-order valence-corrected chi connectivity index (χ3v) is 7.00. The van der Waals surface area contributed by atoms with E-state index in [1.54, 1.807) is 24.3 Å². The van der Waals surface area contributed by atoms with Crippen LogP contribution >= 0.6 is 22.6 Å². The van der Waals surface area contributed by atoms with Crippen molar-refractivity contribution < 1.29 is 13.5 Å². The number of halogens is 1. The number of benzene rings is 1. The predicted octanol–water partition coefficient (Wildman–Crippen LogP) is 3.25. The fourth-order valence-electron chi connectivity index (χ4n) is 3.00. The lowest BCUT2D eigenvalue weighted by atomic mass is 9.89. The summed E-state index contributed by atoms with van der Waals surface area (Å²) in [6.07, 6.45) is 12.4. The SMILES string of the molecule is Cc1ccc(S(=O)(=O)N[C@@H](C2C=CC=C2)[C@H](O)C2C=CC=C2I)cc1. The van der Waals surface area contributed by atoms with Gasteiger partial charge in [0.25, 0.3) is 0 Å². The highest BCUT2D eigenvalue weighted by atomic mass is 127. The zero-order chi connectivity index (χ0) is 18.0. The van der Waals surface area contributed by atoms with Gasteiger partial charge in [-0.3, -0.25) is 0 Å². The monoisotopic (exact) mass is 469 g/mol. The quantitative estimate of drug-likeness (QED) is 0.629. The Morgan fingerprint density at radius 3 is 2.28 bits per heavy atom. The Hall–Kier alpha value is -1.22. The van der Waals surface area contributed by atoms with Crippen LogP contribution in [0.25, 0.3) is 0 Å². The van der Waals surface area contributed by atoms with Gasteiger partial charge in [0.2, 0.25) is 10.0 Å². The number of allylic oxidation sites excluding steroid dienone is 4. The van der Waals surface area contributed by atoms with Gasteiger partial charge >= 0.3 is 0 Å². The number of hydrogen-bond donors (Lipinski definition) is 2. The van der Waals surface area contributed by atoms with Crippen molar-refractivity contribution in [3.8, 4) is 0 Å². The van der Waals surface area contributed by atoms with E-state index >= 15 is 0 Å². The average molecular weight is 469 g/mol. The molecule has 2 aliphatic carbocycles. The summed E-state index contributed by atoms with van der Waals surface area (Å²) in [7, 11) is -3.73. The molecular weight excluding hydrogens is 449 g/mol. The molecule has 0 bridgehead atoms. The van der Waals surface area contributed by atoms with Crippen LogP contribution in [-0.4, -0.2) is 25.7 Å². The maximum Gasteiger partial charge on any atom is 0.240 e. The average Bonchev–Trinajstić information content (AvgIpc) is 3.24. The molecule has 1 aromatic carbocycles. The van der Waals surface area contributed by atoms with Crippen LogP contribution in [0.5, 0.6) is 0 Å². The fourth-order valence-corrected chi connectivity index (χ4v) is 5.07. The molecule has 25 heavy (non-hydrogen) atoms. The molecule has 4 nitrogen and oxygen atoms in total. The number of aliphatic hydroxyl groups excluding tert-OH is 1. The second-order valence-electron chi connectivity index (χ2n) is 6.26. The summed E-state index contributed by atoms with van der Waals surface area (Å²) in [5.41, 5.74) is 0.993. The van der Waals surface area contributed by atoms with E-state index in [0.29, 0.717) is 0 Å². The lowest BCUT2D eigenvalue weighted by Crippen LogP contribution is -2.49. The fraction of sp³-hybridized carbons (Fsp3) is 0.263. The summed E-state index contributed by atoms with van der Waals surface area (Å²) in [6, 6.07) is 6.05. The molecule has 2 N–H and O–H groups in total. The van der Waals surface area contributed by atoms with Gasteiger partial charge in [-0.2, -0.15) is 0 Å². The smallest absolute Gasteiger partial charge is 0.240 e. The van der Waals surface area contributed by atoms with Gasteiger partial charge < -0.3 is 5.11 Å². The first kappa shape index (κ1) is 18.6. The number of sulfonamides is 1. The Morgan fingerprint density at radius 1 is 1.08 bits per heavy atom. The summed E-state index contributed by atoms with van der Waals surface area (Å²) >= 11 is 2.18. The highest BCUT2D eigenvalue weighted by Gasteiger charge is 2.36. The molecule has 132 valence electrons. The molecule has 2 aliphatic rings. The third kappa shape index (κ3) is 4.13. The first-order valence-corrected chi connectivity index (χ1v) is 10.6. The molecule has 0 heterocycles. The zero-order valence-corrected chi connectivity index (χ0v) is 16.7. The molecule has 3 atom stereocenters. The molecule has 1 aromatic rings. The number of hydrogen-bond acceptors (Lipinski definition) is 3. The van der Waals surface area contributed by atoms with Crippen LogP contribution < -0.4 is 4.72 Å². The normalized spacial score (nSPS) is 22.4. The van der Waals surface area contributed by atoms with Crippen molar-refractivity contribution >= 4 is 32.6 Å². The molecule has 0 spiro atoms. The highest BCUT2D eigenvalue weighted by molar-refractivity contribution is 14.1. The summed E-state index contributed by atoms with van der Waals surface area (Å²) < 4.78 is 29.3. The van der Waals surface area contributed by atoms with Crippen molar-refractivity contribution in [2.45, 2.75) is 24.0 Å². The second-order valence-corrected chi connectivity index (χ2v) is 9.22. The Balaban J connectivity index is 1.88. The van der Waals surface area contributed by atoms with Crippen LogP contribution in [0.1, 0.15) is 5.56 Å². The summed E-state index contributed by atoms with van der Waals surface area (Å²) in [5, 5.41) is 10.9. The van der Waals surface area contributed by atoms with Gasteiger partial charge in [0.1, 0.15) is 0 Å². The highest BCUT2D eigenvalue weighted by Crippen LogP contribution is 2.32. The molecule has 3 rings (SSSR count). The molecule has 0 amide bonds. The molecule has 0 saturated heterocycles. The Bertz CT molecular complexity index is 841. The summed E-state index contributed by atoms with van der Waals surface area (Å²) in [5.74, 6) is -0.387.